The van der Waals surface area contributed by atoms with Crippen LogP contribution in [0.4, 0.5) is 4.79 Å². The summed E-state index contributed by atoms with van der Waals surface area (Å²) in [5, 5.41) is 8.40. The number of rotatable bonds is 0. The molecule has 0 aromatic heterocycles. The maximum Gasteiger partial charge on any atom is 0.408 e. The van der Waals surface area contributed by atoms with E-state index in [1.165, 1.54) is 0 Å². The fourth-order valence-electron chi connectivity index (χ4n) is 0.949. The molecule has 0 saturated carbocycles. The van der Waals surface area contributed by atoms with Gasteiger partial charge in [-0.1, -0.05) is 0 Å². The Labute approximate surface area is 62.6 Å². The molecule has 1 rings (SSSR count). The zero-order valence-corrected chi connectivity index (χ0v) is 5.74. The predicted molar refractivity (Wildman–Crippen MR) is 34.2 cm³/mol. The van der Waals surface area contributed by atoms with E-state index in [0.717, 1.165) is 4.90 Å². The number of amides is 1. The number of carbonyl (C=O) groups is 3. The Balaban J connectivity index is 2.63. The standard InChI is InChI=1S/C6H7NO4/c8-4-1-5(9)3-7(2-4)6(10)11/h1-3H2,(H,10,11). The summed E-state index contributed by atoms with van der Waals surface area (Å²) in [6.45, 7) is -0.303. The van der Waals surface area contributed by atoms with Gasteiger partial charge in [-0.2, -0.15) is 0 Å². The summed E-state index contributed by atoms with van der Waals surface area (Å²) < 4.78 is 0. The molecular weight excluding hydrogens is 150 g/mol. The van der Waals surface area contributed by atoms with Crippen molar-refractivity contribution < 1.29 is 19.5 Å². The minimum Gasteiger partial charge on any atom is -0.465 e. The smallest absolute Gasteiger partial charge is 0.408 e. The van der Waals surface area contributed by atoms with Crippen molar-refractivity contribution in [1.29, 1.82) is 0 Å². The summed E-state index contributed by atoms with van der Waals surface area (Å²) in [5.41, 5.74) is 0. The minimum atomic E-state index is -1.22. The summed E-state index contributed by atoms with van der Waals surface area (Å²) in [4.78, 5) is 32.4. The molecular formula is C6H7NO4. The third-order valence-electron chi connectivity index (χ3n) is 1.40. The van der Waals surface area contributed by atoms with E-state index in [0.29, 0.717) is 0 Å². The van der Waals surface area contributed by atoms with Crippen molar-refractivity contribution in [3.8, 4) is 0 Å². The number of piperidine rings is 1. The second-order valence-electron chi connectivity index (χ2n) is 2.39. The van der Waals surface area contributed by atoms with Gasteiger partial charge < -0.3 is 5.11 Å². The molecule has 0 spiro atoms. The van der Waals surface area contributed by atoms with Crippen molar-refractivity contribution >= 4 is 17.7 Å². The Hall–Kier alpha value is -1.39. The molecule has 1 fully saturated rings. The first-order valence-corrected chi connectivity index (χ1v) is 3.11. The molecule has 0 aliphatic carbocycles. The van der Waals surface area contributed by atoms with Gasteiger partial charge in [0, 0.05) is 0 Å². The largest absolute Gasteiger partial charge is 0.465 e. The number of hydrogen-bond donors (Lipinski definition) is 1. The molecule has 0 radical (unpaired) electrons. The fourth-order valence-corrected chi connectivity index (χ4v) is 0.949. The average molecular weight is 157 g/mol. The van der Waals surface area contributed by atoms with Gasteiger partial charge in [-0.05, 0) is 0 Å². The quantitative estimate of drug-likeness (QED) is 0.481. The first-order valence-electron chi connectivity index (χ1n) is 3.11. The topological polar surface area (TPSA) is 74.7 Å². The van der Waals surface area contributed by atoms with Crippen molar-refractivity contribution in [3.05, 3.63) is 0 Å². The third-order valence-corrected chi connectivity index (χ3v) is 1.40. The van der Waals surface area contributed by atoms with E-state index in [4.69, 9.17) is 5.11 Å². The lowest BCUT2D eigenvalue weighted by Gasteiger charge is -2.21. The van der Waals surface area contributed by atoms with Gasteiger partial charge in [-0.3, -0.25) is 14.5 Å². The Morgan fingerprint density at radius 3 is 2.09 bits per heavy atom. The van der Waals surface area contributed by atoms with Crippen molar-refractivity contribution in [1.82, 2.24) is 4.90 Å². The molecule has 1 aliphatic rings. The Bertz CT molecular complexity index is 207. The monoisotopic (exact) mass is 157 g/mol. The molecule has 1 amide bonds. The van der Waals surface area contributed by atoms with Crippen LogP contribution in [-0.4, -0.2) is 40.8 Å². The highest BCUT2D eigenvalue weighted by molar-refractivity contribution is 6.04. The van der Waals surface area contributed by atoms with Crippen LogP contribution < -0.4 is 0 Å². The molecule has 60 valence electrons. The van der Waals surface area contributed by atoms with Crippen molar-refractivity contribution in [3.63, 3.8) is 0 Å². The number of carbonyl (C=O) groups excluding carboxylic acids is 2. The molecule has 0 aromatic carbocycles. The van der Waals surface area contributed by atoms with Gasteiger partial charge in [-0.25, -0.2) is 4.79 Å². The zero-order chi connectivity index (χ0) is 8.43. The van der Waals surface area contributed by atoms with Crippen LogP contribution in [0.5, 0.6) is 0 Å². The lowest BCUT2D eigenvalue weighted by molar-refractivity contribution is -0.131. The Morgan fingerprint density at radius 2 is 1.73 bits per heavy atom. The highest BCUT2D eigenvalue weighted by atomic mass is 16.4. The molecule has 1 saturated heterocycles. The van der Waals surface area contributed by atoms with E-state index in [1.54, 1.807) is 0 Å². The summed E-state index contributed by atoms with van der Waals surface area (Å²) in [6.07, 6.45) is -1.34. The van der Waals surface area contributed by atoms with E-state index in [2.05, 4.69) is 0 Å². The van der Waals surface area contributed by atoms with Crippen LogP contribution in [0, 0.1) is 0 Å². The fraction of sp³-hybridized carbons (Fsp3) is 0.500. The van der Waals surface area contributed by atoms with E-state index < -0.39 is 6.09 Å². The molecule has 0 atom stereocenters. The van der Waals surface area contributed by atoms with E-state index in [9.17, 15) is 14.4 Å². The number of likely N-dealkylation sites (tertiary alicyclic amines) is 1. The van der Waals surface area contributed by atoms with E-state index in [1.807, 2.05) is 0 Å². The maximum absolute atomic E-state index is 10.7. The summed E-state index contributed by atoms with van der Waals surface area (Å²) in [6, 6.07) is 0. The molecule has 0 aromatic rings. The normalized spacial score (nSPS) is 18.7. The molecule has 5 heteroatoms. The first-order chi connectivity index (χ1) is 5.09. The van der Waals surface area contributed by atoms with Crippen LogP contribution in [0.25, 0.3) is 0 Å². The molecule has 1 aliphatic heterocycles. The highest BCUT2D eigenvalue weighted by Crippen LogP contribution is 2.02. The number of hydrogen-bond acceptors (Lipinski definition) is 3. The van der Waals surface area contributed by atoms with Gasteiger partial charge >= 0.3 is 6.09 Å². The van der Waals surface area contributed by atoms with Crippen molar-refractivity contribution in [2.75, 3.05) is 13.1 Å². The van der Waals surface area contributed by atoms with Crippen LogP contribution >= 0.6 is 0 Å². The average Bonchev–Trinajstić information content (AvgIpc) is 1.85. The second-order valence-corrected chi connectivity index (χ2v) is 2.39. The predicted octanol–water partition coefficient (Wildman–Crippen LogP) is -0.492. The van der Waals surface area contributed by atoms with Crippen LogP contribution in [0.15, 0.2) is 0 Å². The summed E-state index contributed by atoms with van der Waals surface area (Å²) in [5.74, 6) is -0.660. The zero-order valence-electron chi connectivity index (χ0n) is 5.74. The van der Waals surface area contributed by atoms with Crippen molar-refractivity contribution in [2.45, 2.75) is 6.42 Å². The lowest BCUT2D eigenvalue weighted by atomic mass is 10.1. The van der Waals surface area contributed by atoms with Gasteiger partial charge in [0.25, 0.3) is 0 Å². The van der Waals surface area contributed by atoms with Crippen LogP contribution in [0.2, 0.25) is 0 Å². The summed E-state index contributed by atoms with van der Waals surface area (Å²) >= 11 is 0. The molecule has 5 nitrogen and oxygen atoms in total. The van der Waals surface area contributed by atoms with Crippen LogP contribution in [-0.2, 0) is 9.59 Å². The number of ketones is 2. The van der Waals surface area contributed by atoms with Gasteiger partial charge in [0.15, 0.2) is 11.6 Å². The third kappa shape index (κ3) is 1.76. The molecule has 1 heterocycles. The van der Waals surface area contributed by atoms with E-state index >= 15 is 0 Å². The van der Waals surface area contributed by atoms with Gasteiger partial charge in [0.05, 0.1) is 19.5 Å². The number of nitrogens with zero attached hydrogens (tertiary/aromatic N) is 1. The Kier molecular flexibility index (Phi) is 1.89. The minimum absolute atomic E-state index is 0.121. The molecule has 0 unspecified atom stereocenters. The lowest BCUT2D eigenvalue weighted by Crippen LogP contribution is -2.43. The van der Waals surface area contributed by atoms with Gasteiger partial charge in [0.2, 0.25) is 0 Å². The molecule has 0 bridgehead atoms. The summed E-state index contributed by atoms with van der Waals surface area (Å²) in [7, 11) is 0. The SMILES string of the molecule is O=C1CC(=O)CN(C(=O)O)C1. The van der Waals surface area contributed by atoms with E-state index in [-0.39, 0.29) is 31.1 Å². The second kappa shape index (κ2) is 2.69. The Morgan fingerprint density at radius 1 is 1.27 bits per heavy atom. The maximum atomic E-state index is 10.7. The number of Topliss-reactive ketones (excluding diaryl/α,β-unsaturated/α-hetero) is 2. The number of carboxylic acid groups (broad SMARTS) is 1. The highest BCUT2D eigenvalue weighted by Gasteiger charge is 2.25. The van der Waals surface area contributed by atoms with Gasteiger partial charge in [-0.15, -0.1) is 0 Å². The molecule has 1 N–H and O–H groups in total. The molecule has 11 heavy (non-hydrogen) atoms. The van der Waals surface area contributed by atoms with Crippen molar-refractivity contribution in [2.24, 2.45) is 0 Å². The van der Waals surface area contributed by atoms with Crippen LogP contribution in [0.1, 0.15) is 6.42 Å². The van der Waals surface area contributed by atoms with Crippen LogP contribution in [0.3, 0.4) is 0 Å². The first kappa shape index (κ1) is 7.71. The van der Waals surface area contributed by atoms with Gasteiger partial charge in [0.1, 0.15) is 0 Å².